The Hall–Kier alpha value is -3.11. The first kappa shape index (κ1) is 14.3. The predicted molar refractivity (Wildman–Crippen MR) is 100 cm³/mol. The standard InChI is InChI=1S/C20H11ClN2O2/c21-12-6-7-16-17(9-12)23-19(22-16)15-10-14-13-4-2-1-3-11(13)5-8-18(14)25-20(15)24/h1-10H,(H,22,23). The Kier molecular flexibility index (Phi) is 2.96. The van der Waals surface area contributed by atoms with E-state index in [2.05, 4.69) is 9.97 Å². The number of benzene rings is 3. The highest BCUT2D eigenvalue weighted by molar-refractivity contribution is 6.31. The largest absolute Gasteiger partial charge is 0.422 e. The molecule has 120 valence electrons. The molecular formula is C20H11ClN2O2. The third kappa shape index (κ3) is 2.22. The van der Waals surface area contributed by atoms with Crippen LogP contribution in [0.2, 0.25) is 5.02 Å². The summed E-state index contributed by atoms with van der Waals surface area (Å²) in [7, 11) is 0. The molecule has 0 radical (unpaired) electrons. The molecule has 0 aliphatic carbocycles. The number of halogens is 1. The molecule has 0 aliphatic heterocycles. The molecule has 25 heavy (non-hydrogen) atoms. The fraction of sp³-hybridized carbons (Fsp3) is 0. The number of fused-ring (bicyclic) bond motifs is 4. The van der Waals surface area contributed by atoms with Crippen molar-refractivity contribution in [2.45, 2.75) is 0 Å². The predicted octanol–water partition coefficient (Wildman–Crippen LogP) is 5.14. The van der Waals surface area contributed by atoms with Gasteiger partial charge in [-0.25, -0.2) is 9.78 Å². The van der Waals surface area contributed by atoms with Gasteiger partial charge in [0.2, 0.25) is 0 Å². The first-order chi connectivity index (χ1) is 12.2. The molecule has 0 unspecified atom stereocenters. The van der Waals surface area contributed by atoms with E-state index >= 15 is 0 Å². The van der Waals surface area contributed by atoms with Crippen molar-refractivity contribution < 1.29 is 4.42 Å². The smallest absolute Gasteiger partial charge is 0.347 e. The summed E-state index contributed by atoms with van der Waals surface area (Å²) < 4.78 is 5.53. The molecule has 1 N–H and O–H groups in total. The molecule has 0 amide bonds. The third-order valence-electron chi connectivity index (χ3n) is 4.34. The summed E-state index contributed by atoms with van der Waals surface area (Å²) in [5, 5.41) is 3.61. The Morgan fingerprint density at radius 1 is 0.960 bits per heavy atom. The minimum Gasteiger partial charge on any atom is -0.422 e. The van der Waals surface area contributed by atoms with E-state index in [1.165, 1.54) is 0 Å². The van der Waals surface area contributed by atoms with Crippen LogP contribution >= 0.6 is 11.6 Å². The van der Waals surface area contributed by atoms with Gasteiger partial charge in [0.25, 0.3) is 0 Å². The summed E-state index contributed by atoms with van der Waals surface area (Å²) in [4.78, 5) is 20.1. The summed E-state index contributed by atoms with van der Waals surface area (Å²) in [5.41, 5.74) is 2.06. The van der Waals surface area contributed by atoms with Gasteiger partial charge in [-0.2, -0.15) is 0 Å². The highest BCUT2D eigenvalue weighted by Gasteiger charge is 2.13. The average molecular weight is 347 g/mol. The van der Waals surface area contributed by atoms with E-state index in [-0.39, 0.29) is 0 Å². The zero-order valence-corrected chi connectivity index (χ0v) is 13.7. The number of nitrogens with one attached hydrogen (secondary N) is 1. The molecule has 0 atom stereocenters. The van der Waals surface area contributed by atoms with Crippen molar-refractivity contribution in [1.82, 2.24) is 9.97 Å². The lowest BCUT2D eigenvalue weighted by Gasteiger charge is -2.04. The minimum atomic E-state index is -0.423. The number of hydrogen-bond acceptors (Lipinski definition) is 3. The van der Waals surface area contributed by atoms with Crippen LogP contribution in [0.5, 0.6) is 0 Å². The summed E-state index contributed by atoms with van der Waals surface area (Å²) in [5.74, 6) is 0.473. The van der Waals surface area contributed by atoms with Crippen LogP contribution in [-0.4, -0.2) is 9.97 Å². The molecule has 4 nitrogen and oxygen atoms in total. The molecule has 0 fully saturated rings. The van der Waals surface area contributed by atoms with Crippen molar-refractivity contribution in [1.29, 1.82) is 0 Å². The molecular weight excluding hydrogens is 336 g/mol. The van der Waals surface area contributed by atoms with Crippen molar-refractivity contribution in [2.24, 2.45) is 0 Å². The van der Waals surface area contributed by atoms with Crippen molar-refractivity contribution in [3.63, 3.8) is 0 Å². The average Bonchev–Trinajstić information content (AvgIpc) is 3.03. The number of H-pyrrole nitrogens is 1. The SMILES string of the molecule is O=c1oc2ccc3ccccc3c2cc1-c1nc2ccc(Cl)cc2[nH]1. The number of nitrogens with zero attached hydrogens (tertiary/aromatic N) is 1. The van der Waals surface area contributed by atoms with E-state index in [0.717, 1.165) is 27.2 Å². The number of aromatic amines is 1. The highest BCUT2D eigenvalue weighted by atomic mass is 35.5. The van der Waals surface area contributed by atoms with Gasteiger partial charge in [-0.15, -0.1) is 0 Å². The number of imidazole rings is 1. The quantitative estimate of drug-likeness (QED) is 0.337. The van der Waals surface area contributed by atoms with Crippen LogP contribution in [0.4, 0.5) is 0 Å². The van der Waals surface area contributed by atoms with Gasteiger partial charge in [-0.1, -0.05) is 41.9 Å². The van der Waals surface area contributed by atoms with Gasteiger partial charge in [-0.3, -0.25) is 0 Å². The second-order valence-corrected chi connectivity index (χ2v) is 6.33. The van der Waals surface area contributed by atoms with Crippen LogP contribution < -0.4 is 5.63 Å². The first-order valence-corrected chi connectivity index (χ1v) is 8.18. The van der Waals surface area contributed by atoms with E-state index in [1.54, 1.807) is 12.1 Å². The molecule has 3 aromatic carbocycles. The molecule has 0 spiro atoms. The Balaban J connectivity index is 1.83. The summed E-state index contributed by atoms with van der Waals surface area (Å²) in [6.45, 7) is 0. The number of aromatic nitrogens is 2. The summed E-state index contributed by atoms with van der Waals surface area (Å²) >= 11 is 6.02. The zero-order chi connectivity index (χ0) is 17.0. The van der Waals surface area contributed by atoms with Crippen LogP contribution in [0.3, 0.4) is 0 Å². The van der Waals surface area contributed by atoms with E-state index < -0.39 is 5.63 Å². The van der Waals surface area contributed by atoms with Crippen LogP contribution in [-0.2, 0) is 0 Å². The van der Waals surface area contributed by atoms with Crippen LogP contribution in [0, 0.1) is 0 Å². The van der Waals surface area contributed by atoms with Gasteiger partial charge in [0.1, 0.15) is 17.0 Å². The lowest BCUT2D eigenvalue weighted by molar-refractivity contribution is 0.563. The van der Waals surface area contributed by atoms with Crippen LogP contribution in [0.25, 0.3) is 44.2 Å². The van der Waals surface area contributed by atoms with Crippen molar-refractivity contribution >= 4 is 44.4 Å². The Morgan fingerprint density at radius 3 is 2.76 bits per heavy atom. The molecule has 2 aromatic heterocycles. The molecule has 2 heterocycles. The maximum absolute atomic E-state index is 12.5. The Morgan fingerprint density at radius 2 is 1.84 bits per heavy atom. The van der Waals surface area contributed by atoms with Gasteiger partial charge in [-0.05, 0) is 41.1 Å². The molecule has 0 aliphatic rings. The van der Waals surface area contributed by atoms with Crippen molar-refractivity contribution in [2.75, 3.05) is 0 Å². The third-order valence-corrected chi connectivity index (χ3v) is 4.58. The van der Waals surface area contributed by atoms with Gasteiger partial charge in [0.05, 0.1) is 11.0 Å². The van der Waals surface area contributed by atoms with Crippen LogP contribution in [0.1, 0.15) is 0 Å². The number of hydrogen-bond donors (Lipinski definition) is 1. The number of rotatable bonds is 1. The molecule has 0 saturated heterocycles. The summed E-state index contributed by atoms with van der Waals surface area (Å²) in [6, 6.07) is 19.0. The molecule has 5 aromatic rings. The van der Waals surface area contributed by atoms with Gasteiger partial charge < -0.3 is 9.40 Å². The molecule has 0 saturated carbocycles. The highest BCUT2D eigenvalue weighted by Crippen LogP contribution is 2.28. The fourth-order valence-corrected chi connectivity index (χ4v) is 3.32. The lowest BCUT2D eigenvalue weighted by Crippen LogP contribution is -2.03. The first-order valence-electron chi connectivity index (χ1n) is 7.80. The monoisotopic (exact) mass is 346 g/mol. The zero-order valence-electron chi connectivity index (χ0n) is 12.9. The van der Waals surface area contributed by atoms with E-state index in [1.807, 2.05) is 48.5 Å². The van der Waals surface area contributed by atoms with Gasteiger partial charge in [0.15, 0.2) is 0 Å². The van der Waals surface area contributed by atoms with Gasteiger partial charge >= 0.3 is 5.63 Å². The van der Waals surface area contributed by atoms with E-state index in [9.17, 15) is 4.79 Å². The Bertz CT molecular complexity index is 1330. The lowest BCUT2D eigenvalue weighted by atomic mass is 10.0. The molecule has 0 bridgehead atoms. The normalized spacial score (nSPS) is 11.6. The van der Waals surface area contributed by atoms with Gasteiger partial charge in [0, 0.05) is 10.4 Å². The second kappa shape index (κ2) is 5.19. The van der Waals surface area contributed by atoms with E-state index in [0.29, 0.717) is 22.0 Å². The molecule has 5 heteroatoms. The van der Waals surface area contributed by atoms with Crippen molar-refractivity contribution in [3.05, 3.63) is 76.1 Å². The second-order valence-electron chi connectivity index (χ2n) is 5.89. The molecule has 5 rings (SSSR count). The van der Waals surface area contributed by atoms with E-state index in [4.69, 9.17) is 16.0 Å². The Labute approximate surface area is 146 Å². The van der Waals surface area contributed by atoms with Crippen molar-refractivity contribution in [3.8, 4) is 11.4 Å². The maximum Gasteiger partial charge on any atom is 0.347 e. The minimum absolute atomic E-state index is 0.399. The summed E-state index contributed by atoms with van der Waals surface area (Å²) in [6.07, 6.45) is 0. The topological polar surface area (TPSA) is 58.9 Å². The van der Waals surface area contributed by atoms with Crippen LogP contribution in [0.15, 0.2) is 69.9 Å². The maximum atomic E-state index is 12.5. The fourth-order valence-electron chi connectivity index (χ4n) is 3.15.